The predicted octanol–water partition coefficient (Wildman–Crippen LogP) is 20.5. The lowest BCUT2D eigenvalue weighted by Gasteiger charge is -2.38. The van der Waals surface area contributed by atoms with Gasteiger partial charge in [-0.3, -0.25) is 0 Å². The number of para-hydroxylation sites is 4. The summed E-state index contributed by atoms with van der Waals surface area (Å²) in [5.74, 6) is 0. The Morgan fingerprint density at radius 2 is 0.432 bits per heavy atom. The molecule has 0 bridgehead atoms. The van der Waals surface area contributed by atoms with Crippen molar-refractivity contribution in [3.63, 3.8) is 0 Å². The lowest BCUT2D eigenvalue weighted by Crippen LogP contribution is -2.14. The minimum Gasteiger partial charge on any atom is -0.310 e. The van der Waals surface area contributed by atoms with Crippen molar-refractivity contribution in [2.24, 2.45) is 0 Å². The van der Waals surface area contributed by atoms with Gasteiger partial charge in [0.2, 0.25) is 0 Å². The molecule has 2 heteroatoms. The van der Waals surface area contributed by atoms with Crippen molar-refractivity contribution >= 4 is 55.7 Å². The van der Waals surface area contributed by atoms with Crippen LogP contribution in [-0.4, -0.2) is 0 Å². The topological polar surface area (TPSA) is 6.48 Å². The summed E-state index contributed by atoms with van der Waals surface area (Å²) in [5, 5.41) is 4.87. The maximum Gasteiger partial charge on any atom is 0.0490 e. The van der Waals surface area contributed by atoms with Crippen LogP contribution < -0.4 is 9.80 Å². The van der Waals surface area contributed by atoms with Gasteiger partial charge in [0, 0.05) is 34.1 Å². The van der Waals surface area contributed by atoms with Crippen molar-refractivity contribution in [1.29, 1.82) is 0 Å². The molecule has 0 N–H and O–H groups in total. The third-order valence-electron chi connectivity index (χ3n) is 15.3. The second-order valence-electron chi connectivity index (χ2n) is 19.7. The number of benzene rings is 12. The Labute approximate surface area is 434 Å². The molecule has 0 amide bonds. The van der Waals surface area contributed by atoms with Crippen LogP contribution in [0.2, 0.25) is 0 Å². The Morgan fingerprint density at radius 1 is 0.203 bits per heavy atom. The number of nitrogens with zero attached hydrogens (tertiary/aromatic N) is 2. The van der Waals surface area contributed by atoms with E-state index in [9.17, 15) is 0 Å². The monoisotopic (exact) mass is 946 g/mol. The van der Waals surface area contributed by atoms with Crippen LogP contribution in [0.15, 0.2) is 255 Å². The highest BCUT2D eigenvalue weighted by molar-refractivity contribution is 6.33. The quantitative estimate of drug-likeness (QED) is 0.135. The van der Waals surface area contributed by atoms with E-state index in [4.69, 9.17) is 0 Å². The fraction of sp³-hybridized carbons (Fsp3) is 0.0556. The lowest BCUT2D eigenvalue weighted by atomic mass is 9.65. The van der Waals surface area contributed by atoms with Gasteiger partial charge in [-0.25, -0.2) is 0 Å². The molecule has 12 aromatic rings. The van der Waals surface area contributed by atoms with Gasteiger partial charge >= 0.3 is 0 Å². The van der Waals surface area contributed by atoms with Crippen molar-refractivity contribution < 1.29 is 0 Å². The van der Waals surface area contributed by atoms with E-state index >= 15 is 0 Å². The summed E-state index contributed by atoms with van der Waals surface area (Å²) in [6, 6.07) is 94.0. The highest BCUT2D eigenvalue weighted by Gasteiger charge is 2.39. The zero-order valence-electron chi connectivity index (χ0n) is 42.1. The van der Waals surface area contributed by atoms with Crippen LogP contribution >= 0.6 is 0 Å². The molecule has 1 aliphatic carbocycles. The molecule has 352 valence electrons. The molecule has 2 nitrogen and oxygen atoms in total. The van der Waals surface area contributed by atoms with Gasteiger partial charge in [0.1, 0.15) is 0 Å². The van der Waals surface area contributed by atoms with Crippen LogP contribution in [-0.2, 0) is 0 Å². The Hall–Kier alpha value is -9.24. The number of fused-ring (bicyclic) bond motifs is 6. The van der Waals surface area contributed by atoms with E-state index in [1.54, 1.807) is 0 Å². The van der Waals surface area contributed by atoms with Crippen LogP contribution in [0.1, 0.15) is 22.3 Å². The molecule has 0 aromatic heterocycles. The minimum atomic E-state index is 1.11. The van der Waals surface area contributed by atoms with Gasteiger partial charge in [-0.1, -0.05) is 206 Å². The standard InChI is InChI=1S/C72H54N2/c1-47-25-17-21-37-61(47)73(62-38-22-18-26-48(62)2)55-41-43-57-59(45-55)67(53-33-13-7-14-34-53)71-69(65(57)51-29-9-5-10-30-51)72-68(54-35-15-8-16-36-54)60-46-56(42-44-58(60)66(70(71)72)52-31-11-6-12-32-52)74(63-39-23-19-27-49(63)3)64-40-24-20-28-50(64)4/h5-46H,1-4H3. The lowest BCUT2D eigenvalue weighted by molar-refractivity contribution is 1.23. The Bertz CT molecular complexity index is 3730. The number of aryl methyl sites for hydroxylation is 4. The van der Waals surface area contributed by atoms with Crippen LogP contribution in [0.25, 0.3) is 88.3 Å². The fourth-order valence-corrected chi connectivity index (χ4v) is 11.9. The maximum absolute atomic E-state index is 2.47. The van der Waals surface area contributed by atoms with Gasteiger partial charge in [-0.2, -0.15) is 0 Å². The highest BCUT2D eigenvalue weighted by Crippen LogP contribution is 2.66. The van der Waals surface area contributed by atoms with E-state index in [2.05, 4.69) is 292 Å². The SMILES string of the molecule is Cc1ccccc1N(c1ccc2c(-c3ccccc3)c3c(c(-c4ccccc4)c2c1)-c1c-3c(-c2ccccc2)c2cc(N(c3ccccc3C)c3ccccc3C)ccc2c1-c1ccccc1)c1ccccc1C. The normalized spacial score (nSPS) is 11.5. The van der Waals surface area contributed by atoms with Gasteiger partial charge in [-0.05, 0) is 187 Å². The number of rotatable bonds is 10. The molecule has 0 saturated carbocycles. The predicted molar refractivity (Wildman–Crippen MR) is 316 cm³/mol. The van der Waals surface area contributed by atoms with Crippen molar-refractivity contribution in [3.8, 4) is 66.8 Å². The Morgan fingerprint density at radius 3 is 0.689 bits per heavy atom. The average molecular weight is 947 g/mol. The Kier molecular flexibility index (Phi) is 11.1. The van der Waals surface area contributed by atoms with Gasteiger partial charge in [0.05, 0.1) is 0 Å². The number of anilines is 6. The number of hydrogen-bond donors (Lipinski definition) is 0. The van der Waals surface area contributed by atoms with Crippen molar-refractivity contribution in [3.05, 3.63) is 277 Å². The van der Waals surface area contributed by atoms with Crippen LogP contribution in [0, 0.1) is 27.7 Å². The van der Waals surface area contributed by atoms with E-state index in [0.29, 0.717) is 0 Å². The zero-order valence-corrected chi connectivity index (χ0v) is 42.1. The zero-order chi connectivity index (χ0) is 49.9. The molecule has 0 saturated heterocycles. The summed E-state index contributed by atoms with van der Waals surface area (Å²) in [6.45, 7) is 8.87. The van der Waals surface area contributed by atoms with Crippen molar-refractivity contribution in [2.75, 3.05) is 9.80 Å². The average Bonchev–Trinajstić information content (AvgIpc) is 3.49. The first kappa shape index (κ1) is 44.7. The second kappa shape index (κ2) is 18.4. The molecule has 0 atom stereocenters. The van der Waals surface area contributed by atoms with Gasteiger partial charge in [0.25, 0.3) is 0 Å². The summed E-state index contributed by atoms with van der Waals surface area (Å²) in [4.78, 5) is 4.92. The molecule has 12 aromatic carbocycles. The molecule has 0 aliphatic heterocycles. The molecule has 0 spiro atoms. The number of hydrogen-bond acceptors (Lipinski definition) is 2. The molecular formula is C72H54N2. The molecule has 0 unspecified atom stereocenters. The molecule has 74 heavy (non-hydrogen) atoms. The first-order valence-electron chi connectivity index (χ1n) is 25.8. The van der Waals surface area contributed by atoms with Crippen molar-refractivity contribution in [1.82, 2.24) is 0 Å². The van der Waals surface area contributed by atoms with E-state index in [-0.39, 0.29) is 0 Å². The smallest absolute Gasteiger partial charge is 0.0490 e. The maximum atomic E-state index is 2.47. The molecule has 0 fully saturated rings. The van der Waals surface area contributed by atoms with E-state index < -0.39 is 0 Å². The van der Waals surface area contributed by atoms with Crippen LogP contribution in [0.4, 0.5) is 34.1 Å². The first-order chi connectivity index (χ1) is 36.4. The van der Waals surface area contributed by atoms with Gasteiger partial charge < -0.3 is 9.80 Å². The summed E-state index contributed by atoms with van der Waals surface area (Å²) in [5.41, 5.74) is 26.7. The molecular weight excluding hydrogens is 893 g/mol. The largest absolute Gasteiger partial charge is 0.310 e. The van der Waals surface area contributed by atoms with Gasteiger partial charge in [0.15, 0.2) is 0 Å². The van der Waals surface area contributed by atoms with E-state index in [1.807, 2.05) is 0 Å². The van der Waals surface area contributed by atoms with Crippen LogP contribution in [0.3, 0.4) is 0 Å². The third kappa shape index (κ3) is 7.33. The summed E-state index contributed by atoms with van der Waals surface area (Å²) in [6.07, 6.45) is 0. The minimum absolute atomic E-state index is 1.11. The molecule has 0 heterocycles. The molecule has 13 rings (SSSR count). The molecule has 1 aliphatic rings. The fourth-order valence-electron chi connectivity index (χ4n) is 11.9. The van der Waals surface area contributed by atoms with Crippen molar-refractivity contribution in [2.45, 2.75) is 27.7 Å². The van der Waals surface area contributed by atoms with Gasteiger partial charge in [-0.15, -0.1) is 0 Å². The summed E-state index contributed by atoms with van der Waals surface area (Å²) >= 11 is 0. The highest BCUT2D eigenvalue weighted by atomic mass is 15.2. The van der Waals surface area contributed by atoms with E-state index in [0.717, 1.165) is 34.1 Å². The third-order valence-corrected chi connectivity index (χ3v) is 15.3. The first-order valence-corrected chi connectivity index (χ1v) is 25.8. The summed E-state index contributed by atoms with van der Waals surface area (Å²) < 4.78 is 0. The van der Waals surface area contributed by atoms with E-state index in [1.165, 1.54) is 111 Å². The summed E-state index contributed by atoms with van der Waals surface area (Å²) in [7, 11) is 0. The molecule has 0 radical (unpaired) electrons. The Balaban J connectivity index is 1.20. The second-order valence-corrected chi connectivity index (χ2v) is 19.7. The van der Waals surface area contributed by atoms with Crippen LogP contribution in [0.5, 0.6) is 0 Å².